The lowest BCUT2D eigenvalue weighted by Gasteiger charge is -2.18. The number of nitrogens with one attached hydrogen (secondary N) is 1. The number of halogens is 2. The number of aliphatic hydroxyl groups excluding tert-OH is 1. The molecule has 2 rings (SSSR count). The molecule has 0 fully saturated rings. The molecule has 0 aliphatic heterocycles. The molecule has 19 heavy (non-hydrogen) atoms. The molecule has 4 nitrogen and oxygen atoms in total. The summed E-state index contributed by atoms with van der Waals surface area (Å²) in [5.41, 5.74) is 1.00. The smallest absolute Gasteiger partial charge is 0.226 e. The molecule has 2 aromatic rings. The van der Waals surface area contributed by atoms with Gasteiger partial charge in [0.2, 0.25) is 5.89 Å². The van der Waals surface area contributed by atoms with E-state index in [2.05, 4.69) is 17.2 Å². The van der Waals surface area contributed by atoms with Crippen LogP contribution >= 0.6 is 23.2 Å². The maximum absolute atomic E-state index is 10.3. The van der Waals surface area contributed by atoms with Crippen molar-refractivity contribution >= 4 is 34.3 Å². The number of aromatic nitrogens is 1. The molecule has 1 aromatic carbocycles. The second-order valence-corrected chi connectivity index (χ2v) is 5.26. The maximum atomic E-state index is 10.3. The van der Waals surface area contributed by atoms with Crippen LogP contribution in [-0.2, 0) is 0 Å². The van der Waals surface area contributed by atoms with Gasteiger partial charge in [-0.3, -0.25) is 0 Å². The fourth-order valence-electron chi connectivity index (χ4n) is 2.05. The maximum Gasteiger partial charge on any atom is 0.226 e. The summed E-state index contributed by atoms with van der Waals surface area (Å²) in [7, 11) is 1.80. The topological polar surface area (TPSA) is 58.3 Å². The van der Waals surface area contributed by atoms with Crippen LogP contribution in [0.25, 0.3) is 11.1 Å². The van der Waals surface area contributed by atoms with Crippen LogP contribution in [0.15, 0.2) is 16.5 Å². The molecule has 6 heteroatoms. The SMILES string of the molecule is CCCC(NC)C(O)c1nc2cc(Cl)cc(Cl)c2o1. The summed E-state index contributed by atoms with van der Waals surface area (Å²) in [5.74, 6) is 0.256. The van der Waals surface area contributed by atoms with Crippen LogP contribution in [0.4, 0.5) is 0 Å². The molecule has 0 spiro atoms. The molecule has 2 N–H and O–H groups in total. The Bertz CT molecular complexity index is 571. The van der Waals surface area contributed by atoms with Gasteiger partial charge in [0.1, 0.15) is 11.6 Å². The van der Waals surface area contributed by atoms with E-state index in [1.54, 1.807) is 19.2 Å². The monoisotopic (exact) mass is 302 g/mol. The molecule has 0 aliphatic carbocycles. The molecule has 0 aliphatic rings. The fourth-order valence-corrected chi connectivity index (χ4v) is 2.57. The highest BCUT2D eigenvalue weighted by molar-refractivity contribution is 6.37. The predicted molar refractivity (Wildman–Crippen MR) is 76.7 cm³/mol. The van der Waals surface area contributed by atoms with Crippen molar-refractivity contribution in [2.75, 3.05) is 7.05 Å². The van der Waals surface area contributed by atoms with Crippen LogP contribution < -0.4 is 5.32 Å². The Kier molecular flexibility index (Phi) is 4.68. The van der Waals surface area contributed by atoms with Gasteiger partial charge in [0.15, 0.2) is 5.58 Å². The first-order chi connectivity index (χ1) is 9.06. The first-order valence-electron chi connectivity index (χ1n) is 6.17. The Balaban J connectivity index is 2.37. The van der Waals surface area contributed by atoms with E-state index in [1.807, 2.05) is 0 Å². The second kappa shape index (κ2) is 6.09. The standard InChI is InChI=1S/C13H16Cl2N2O2/c1-3-4-9(16-2)11(18)13-17-10-6-7(14)5-8(15)12(10)19-13/h5-6,9,11,16,18H,3-4H2,1-2H3. The van der Waals surface area contributed by atoms with E-state index in [4.69, 9.17) is 27.6 Å². The number of aliphatic hydroxyl groups is 1. The van der Waals surface area contributed by atoms with Crippen molar-refractivity contribution in [3.8, 4) is 0 Å². The molecular weight excluding hydrogens is 287 g/mol. The summed E-state index contributed by atoms with van der Waals surface area (Å²) < 4.78 is 5.55. The van der Waals surface area contributed by atoms with Gasteiger partial charge in [0.25, 0.3) is 0 Å². The molecular formula is C13H16Cl2N2O2. The zero-order valence-corrected chi connectivity index (χ0v) is 12.3. The average molecular weight is 303 g/mol. The fraction of sp³-hybridized carbons (Fsp3) is 0.462. The summed E-state index contributed by atoms with van der Waals surface area (Å²) in [5, 5.41) is 14.2. The number of fused-ring (bicyclic) bond motifs is 1. The number of rotatable bonds is 5. The predicted octanol–water partition coefficient (Wildman–Crippen LogP) is 3.56. The summed E-state index contributed by atoms with van der Waals surface area (Å²) >= 11 is 12.0. The quantitative estimate of drug-likeness (QED) is 0.887. The van der Waals surface area contributed by atoms with Crippen molar-refractivity contribution in [3.05, 3.63) is 28.1 Å². The molecule has 1 heterocycles. The summed E-state index contributed by atoms with van der Waals surface area (Å²) in [6.45, 7) is 2.06. The lowest BCUT2D eigenvalue weighted by Crippen LogP contribution is -2.32. The molecule has 0 radical (unpaired) electrons. The lowest BCUT2D eigenvalue weighted by atomic mass is 10.1. The Hall–Kier alpha value is -0.810. The number of nitrogens with zero attached hydrogens (tertiary/aromatic N) is 1. The van der Waals surface area contributed by atoms with Crippen LogP contribution in [0, 0.1) is 0 Å². The van der Waals surface area contributed by atoms with E-state index in [9.17, 15) is 5.11 Å². The van der Waals surface area contributed by atoms with Gasteiger partial charge < -0.3 is 14.8 Å². The Morgan fingerprint density at radius 3 is 2.79 bits per heavy atom. The van der Waals surface area contributed by atoms with Crippen molar-refractivity contribution in [1.82, 2.24) is 10.3 Å². The molecule has 1 aromatic heterocycles. The van der Waals surface area contributed by atoms with Gasteiger partial charge in [-0.25, -0.2) is 4.98 Å². The number of hydrogen-bond acceptors (Lipinski definition) is 4. The van der Waals surface area contributed by atoms with Crippen LogP contribution in [0.3, 0.4) is 0 Å². The second-order valence-electron chi connectivity index (χ2n) is 4.42. The van der Waals surface area contributed by atoms with E-state index in [0.717, 1.165) is 12.8 Å². The zero-order valence-electron chi connectivity index (χ0n) is 10.8. The number of oxazole rings is 1. The van der Waals surface area contributed by atoms with Crippen molar-refractivity contribution in [3.63, 3.8) is 0 Å². The number of likely N-dealkylation sites (N-methyl/N-ethyl adjacent to an activating group) is 1. The molecule has 104 valence electrons. The van der Waals surface area contributed by atoms with Gasteiger partial charge in [0, 0.05) is 11.1 Å². The highest BCUT2D eigenvalue weighted by atomic mass is 35.5. The van der Waals surface area contributed by atoms with Gasteiger partial charge in [0.05, 0.1) is 5.02 Å². The molecule has 0 saturated heterocycles. The Morgan fingerprint density at radius 1 is 1.42 bits per heavy atom. The van der Waals surface area contributed by atoms with Gasteiger partial charge in [-0.2, -0.15) is 0 Å². The third-order valence-electron chi connectivity index (χ3n) is 3.03. The molecule has 2 atom stereocenters. The van der Waals surface area contributed by atoms with Crippen molar-refractivity contribution in [1.29, 1.82) is 0 Å². The van der Waals surface area contributed by atoms with Crippen LogP contribution in [0.5, 0.6) is 0 Å². The third kappa shape index (κ3) is 3.03. The first kappa shape index (κ1) is 14.6. The van der Waals surface area contributed by atoms with Crippen LogP contribution in [0.2, 0.25) is 10.0 Å². The third-order valence-corrected chi connectivity index (χ3v) is 3.53. The minimum absolute atomic E-state index is 0.104. The molecule has 0 amide bonds. The Labute approximate surface area is 121 Å². The van der Waals surface area contributed by atoms with Crippen molar-refractivity contribution in [2.45, 2.75) is 31.9 Å². The van der Waals surface area contributed by atoms with Crippen molar-refractivity contribution in [2.24, 2.45) is 0 Å². The summed E-state index contributed by atoms with van der Waals surface area (Å²) in [4.78, 5) is 4.26. The van der Waals surface area contributed by atoms with E-state index in [-0.39, 0.29) is 11.9 Å². The lowest BCUT2D eigenvalue weighted by molar-refractivity contribution is 0.101. The van der Waals surface area contributed by atoms with Gasteiger partial charge in [-0.05, 0) is 25.6 Å². The van der Waals surface area contributed by atoms with Gasteiger partial charge in [-0.15, -0.1) is 0 Å². The van der Waals surface area contributed by atoms with Gasteiger partial charge >= 0.3 is 0 Å². The van der Waals surface area contributed by atoms with E-state index < -0.39 is 6.10 Å². The normalized spacial score (nSPS) is 14.8. The minimum Gasteiger partial charge on any atom is -0.436 e. The van der Waals surface area contributed by atoms with E-state index >= 15 is 0 Å². The Morgan fingerprint density at radius 2 is 2.16 bits per heavy atom. The van der Waals surface area contributed by atoms with E-state index in [0.29, 0.717) is 21.1 Å². The zero-order chi connectivity index (χ0) is 14.0. The highest BCUT2D eigenvalue weighted by Crippen LogP contribution is 2.31. The molecule has 0 saturated carbocycles. The van der Waals surface area contributed by atoms with Crippen LogP contribution in [0.1, 0.15) is 31.8 Å². The first-order valence-corrected chi connectivity index (χ1v) is 6.93. The number of benzene rings is 1. The summed E-state index contributed by atoms with van der Waals surface area (Å²) in [6.07, 6.45) is 0.965. The van der Waals surface area contributed by atoms with Gasteiger partial charge in [-0.1, -0.05) is 36.5 Å². The molecule has 2 unspecified atom stereocenters. The van der Waals surface area contributed by atoms with E-state index in [1.165, 1.54) is 0 Å². The highest BCUT2D eigenvalue weighted by Gasteiger charge is 2.24. The van der Waals surface area contributed by atoms with Crippen molar-refractivity contribution < 1.29 is 9.52 Å². The summed E-state index contributed by atoms with van der Waals surface area (Å²) in [6, 6.07) is 3.15. The minimum atomic E-state index is -0.813. The number of hydrogen-bond donors (Lipinski definition) is 2. The van der Waals surface area contributed by atoms with Crippen LogP contribution in [-0.4, -0.2) is 23.2 Å². The average Bonchev–Trinajstić information content (AvgIpc) is 2.79. The largest absolute Gasteiger partial charge is 0.436 e. The molecule has 0 bridgehead atoms.